The van der Waals surface area contributed by atoms with Gasteiger partial charge in [-0.25, -0.2) is 18.7 Å². The van der Waals surface area contributed by atoms with E-state index in [0.29, 0.717) is 18.0 Å². The lowest BCUT2D eigenvalue weighted by molar-refractivity contribution is -0.177. The second kappa shape index (κ2) is 11.1. The smallest absolute Gasteiger partial charge is 0.416 e. The summed E-state index contributed by atoms with van der Waals surface area (Å²) in [7, 11) is 0. The van der Waals surface area contributed by atoms with E-state index in [9.17, 15) is 36.6 Å². The molecule has 2 aliphatic heterocycles. The van der Waals surface area contributed by atoms with Gasteiger partial charge in [-0.1, -0.05) is 23.9 Å². The monoisotopic (exact) mass is 633 g/mol. The standard InChI is InChI=1S/C30H28F5N5O3S/c1-28(2)10-11-29(3)24(41)22(26(43)39(40(28)29)15-16-6-5-7-20(31)23(16)32)25(42)38-21-9-8-18(30(33,34)35)12-19(21)17-13-36-27(44-4)37-14-17/h5-9,12-14,41H,10-11,15H2,1-4H3,(H,38,42)/t29-/m1/s1. The highest BCUT2D eigenvalue weighted by Gasteiger charge is 2.59. The van der Waals surface area contributed by atoms with Gasteiger partial charge >= 0.3 is 6.18 Å². The Morgan fingerprint density at radius 2 is 1.77 bits per heavy atom. The third kappa shape index (κ3) is 5.40. The summed E-state index contributed by atoms with van der Waals surface area (Å²) in [6.07, 6.45) is 0.432. The maximum absolute atomic E-state index is 14.7. The number of rotatable bonds is 6. The van der Waals surface area contributed by atoms with Crippen LogP contribution in [0.25, 0.3) is 11.1 Å². The van der Waals surface area contributed by atoms with Crippen molar-refractivity contribution in [3.8, 4) is 11.1 Å². The summed E-state index contributed by atoms with van der Waals surface area (Å²) in [5, 5.41) is 17.0. The van der Waals surface area contributed by atoms with E-state index in [1.54, 1.807) is 18.2 Å². The molecule has 5 rings (SSSR count). The minimum Gasteiger partial charge on any atom is -0.509 e. The largest absolute Gasteiger partial charge is 0.509 e. The van der Waals surface area contributed by atoms with Gasteiger partial charge in [-0.05, 0) is 64.1 Å². The minimum absolute atomic E-state index is 0.0716. The van der Waals surface area contributed by atoms with E-state index in [2.05, 4.69) is 15.3 Å². The van der Waals surface area contributed by atoms with Gasteiger partial charge in [0.2, 0.25) is 0 Å². The summed E-state index contributed by atoms with van der Waals surface area (Å²) < 4.78 is 69.7. The summed E-state index contributed by atoms with van der Waals surface area (Å²) in [6.45, 7) is 4.81. The first kappa shape index (κ1) is 31.4. The number of nitrogens with zero attached hydrogens (tertiary/aromatic N) is 4. The quantitative estimate of drug-likeness (QED) is 0.138. The molecule has 2 N–H and O–H groups in total. The Morgan fingerprint density at radius 1 is 1.09 bits per heavy atom. The second-order valence-electron chi connectivity index (χ2n) is 11.4. The van der Waals surface area contributed by atoms with Crippen molar-refractivity contribution in [2.24, 2.45) is 0 Å². The Labute approximate surface area is 254 Å². The maximum atomic E-state index is 14.7. The van der Waals surface area contributed by atoms with Gasteiger partial charge in [-0.15, -0.1) is 0 Å². The molecule has 8 nitrogen and oxygen atoms in total. The van der Waals surface area contributed by atoms with Crippen LogP contribution in [-0.2, 0) is 22.3 Å². The van der Waals surface area contributed by atoms with E-state index in [4.69, 9.17) is 0 Å². The van der Waals surface area contributed by atoms with Crippen LogP contribution in [0.5, 0.6) is 0 Å². The number of hydrogen-bond donors (Lipinski definition) is 2. The average molecular weight is 634 g/mol. The van der Waals surface area contributed by atoms with Crippen LogP contribution in [0, 0.1) is 11.6 Å². The Bertz CT molecular complexity index is 1680. The third-order valence-corrected chi connectivity index (χ3v) is 8.57. The molecule has 3 aromatic rings. The van der Waals surface area contributed by atoms with Crippen molar-refractivity contribution in [1.82, 2.24) is 20.0 Å². The van der Waals surface area contributed by atoms with Crippen molar-refractivity contribution >= 4 is 29.3 Å². The predicted molar refractivity (Wildman–Crippen MR) is 153 cm³/mol. The van der Waals surface area contributed by atoms with Crippen molar-refractivity contribution in [1.29, 1.82) is 0 Å². The van der Waals surface area contributed by atoms with E-state index in [-0.39, 0.29) is 22.4 Å². The van der Waals surface area contributed by atoms with Crippen LogP contribution in [0.2, 0.25) is 0 Å². The second-order valence-corrected chi connectivity index (χ2v) is 12.1. The molecule has 0 spiro atoms. The van der Waals surface area contributed by atoms with Crippen molar-refractivity contribution in [3.63, 3.8) is 0 Å². The Hall–Kier alpha value is -4.04. The number of amides is 2. The molecule has 3 heterocycles. The van der Waals surface area contributed by atoms with Crippen LogP contribution in [-0.4, -0.2) is 54.2 Å². The Kier molecular flexibility index (Phi) is 7.95. The molecule has 0 saturated carbocycles. The molecule has 0 bridgehead atoms. The first-order chi connectivity index (χ1) is 20.6. The lowest BCUT2D eigenvalue weighted by Crippen LogP contribution is -2.65. The minimum atomic E-state index is -4.70. The lowest BCUT2D eigenvalue weighted by atomic mass is 9.90. The Balaban J connectivity index is 1.58. The Morgan fingerprint density at radius 3 is 2.41 bits per heavy atom. The summed E-state index contributed by atoms with van der Waals surface area (Å²) in [6, 6.07) is 6.17. The number of aliphatic hydroxyl groups is 1. The number of hydrazine groups is 1. The van der Waals surface area contributed by atoms with Gasteiger partial charge in [0.25, 0.3) is 11.8 Å². The number of carbonyl (C=O) groups excluding carboxylic acids is 2. The molecular formula is C30H28F5N5O3S. The van der Waals surface area contributed by atoms with Gasteiger partial charge in [0.15, 0.2) is 16.8 Å². The van der Waals surface area contributed by atoms with Crippen LogP contribution >= 0.6 is 11.8 Å². The van der Waals surface area contributed by atoms with E-state index >= 15 is 0 Å². The number of fused-ring (bicyclic) bond motifs is 1. The van der Waals surface area contributed by atoms with Gasteiger partial charge in [0, 0.05) is 40.3 Å². The zero-order valence-corrected chi connectivity index (χ0v) is 24.9. The van der Waals surface area contributed by atoms with Crippen molar-refractivity contribution in [2.75, 3.05) is 11.6 Å². The van der Waals surface area contributed by atoms with Crippen LogP contribution in [0.3, 0.4) is 0 Å². The summed E-state index contributed by atoms with van der Waals surface area (Å²) in [5.41, 5.74) is -3.82. The first-order valence-corrected chi connectivity index (χ1v) is 14.7. The topological polar surface area (TPSA) is 98.7 Å². The lowest BCUT2D eigenvalue weighted by Gasteiger charge is -2.51. The van der Waals surface area contributed by atoms with Crippen LogP contribution < -0.4 is 5.32 Å². The fourth-order valence-corrected chi connectivity index (χ4v) is 6.14. The highest BCUT2D eigenvalue weighted by molar-refractivity contribution is 7.98. The third-order valence-electron chi connectivity index (χ3n) is 8.00. The fraction of sp³-hybridized carbons (Fsp3) is 0.333. The van der Waals surface area contributed by atoms with Gasteiger partial charge in [-0.3, -0.25) is 14.6 Å². The van der Waals surface area contributed by atoms with Crippen molar-refractivity contribution in [2.45, 2.75) is 62.6 Å². The molecule has 0 unspecified atom stereocenters. The number of alkyl halides is 3. The molecule has 2 amide bonds. The molecule has 2 aromatic carbocycles. The van der Waals surface area contributed by atoms with Crippen LogP contribution in [0.15, 0.2) is 65.3 Å². The molecule has 1 saturated heterocycles. The average Bonchev–Trinajstić information content (AvgIpc) is 3.22. The summed E-state index contributed by atoms with van der Waals surface area (Å²) >= 11 is 1.23. The van der Waals surface area contributed by atoms with E-state index < -0.39 is 64.1 Å². The predicted octanol–water partition coefficient (Wildman–Crippen LogP) is 6.50. The number of halogens is 5. The number of anilines is 1. The number of benzene rings is 2. The normalized spacial score (nSPS) is 20.2. The summed E-state index contributed by atoms with van der Waals surface area (Å²) in [4.78, 5) is 36.0. The molecule has 44 heavy (non-hydrogen) atoms. The van der Waals surface area contributed by atoms with Gasteiger partial charge < -0.3 is 10.4 Å². The molecule has 2 aliphatic rings. The molecule has 232 valence electrons. The molecule has 0 aliphatic carbocycles. The number of thioether (sulfide) groups is 1. The van der Waals surface area contributed by atoms with Gasteiger partial charge in [0.1, 0.15) is 11.3 Å². The number of nitrogens with one attached hydrogen (secondary N) is 1. The number of carbonyl (C=O) groups is 2. The number of aliphatic hydroxyl groups excluding tert-OH is 1. The van der Waals surface area contributed by atoms with E-state index in [1.165, 1.54) is 36.3 Å². The van der Waals surface area contributed by atoms with Gasteiger partial charge in [0.05, 0.1) is 17.6 Å². The SMILES string of the molecule is CSc1ncc(-c2cc(C(F)(F)F)ccc2NC(=O)C2=C(O)[C@@]3(C)CCC(C)(C)N3N(Cc3cccc(F)c3F)C2=O)cn1. The van der Waals surface area contributed by atoms with E-state index in [0.717, 1.165) is 29.3 Å². The molecule has 1 fully saturated rings. The van der Waals surface area contributed by atoms with Crippen LogP contribution in [0.4, 0.5) is 27.6 Å². The summed E-state index contributed by atoms with van der Waals surface area (Å²) in [5.74, 6) is -4.89. The molecule has 1 atom stereocenters. The van der Waals surface area contributed by atoms with Crippen molar-refractivity contribution < 1.29 is 36.6 Å². The van der Waals surface area contributed by atoms with E-state index in [1.807, 2.05) is 13.8 Å². The highest BCUT2D eigenvalue weighted by Crippen LogP contribution is 2.49. The highest BCUT2D eigenvalue weighted by atomic mass is 32.2. The zero-order chi connectivity index (χ0) is 32.2. The van der Waals surface area contributed by atoms with Crippen molar-refractivity contribution in [3.05, 3.63) is 82.9 Å². The molecule has 14 heteroatoms. The van der Waals surface area contributed by atoms with Crippen LogP contribution in [0.1, 0.15) is 44.7 Å². The number of hydrogen-bond acceptors (Lipinski definition) is 7. The zero-order valence-electron chi connectivity index (χ0n) is 24.1. The maximum Gasteiger partial charge on any atom is 0.416 e. The first-order valence-electron chi connectivity index (χ1n) is 13.5. The van der Waals surface area contributed by atoms with Gasteiger partial charge in [-0.2, -0.15) is 18.2 Å². The molecule has 1 aromatic heterocycles. The number of aromatic nitrogens is 2. The molecular weight excluding hydrogens is 605 g/mol. The molecule has 0 radical (unpaired) electrons. The fourth-order valence-electron chi connectivity index (χ4n) is 5.82.